The number of esters is 1. The summed E-state index contributed by atoms with van der Waals surface area (Å²) in [6.07, 6.45) is 5.82. The third-order valence-electron chi connectivity index (χ3n) is 3.28. The molecule has 0 atom stereocenters. The van der Waals surface area contributed by atoms with E-state index in [-0.39, 0.29) is 17.8 Å². The summed E-state index contributed by atoms with van der Waals surface area (Å²) >= 11 is 0. The van der Waals surface area contributed by atoms with Gasteiger partial charge < -0.3 is 10.1 Å². The Bertz CT molecular complexity index is 269. The van der Waals surface area contributed by atoms with Gasteiger partial charge in [-0.25, -0.2) is 0 Å². The number of carbonyl (C=O) groups excluding carboxylic acids is 2. The van der Waals surface area contributed by atoms with Crippen molar-refractivity contribution in [1.29, 1.82) is 0 Å². The second kappa shape index (κ2) is 5.32. The van der Waals surface area contributed by atoms with Gasteiger partial charge in [0, 0.05) is 12.5 Å². The molecule has 0 bridgehead atoms. The summed E-state index contributed by atoms with van der Waals surface area (Å²) in [5.41, 5.74) is 0. The number of ether oxygens (including phenoxy) is 1. The molecule has 0 aromatic heterocycles. The number of carbonyl (C=O) groups is 2. The van der Waals surface area contributed by atoms with Gasteiger partial charge in [-0.15, -0.1) is 0 Å². The highest BCUT2D eigenvalue weighted by molar-refractivity contribution is 5.80. The molecule has 0 radical (unpaired) electrons. The van der Waals surface area contributed by atoms with Crippen LogP contribution < -0.4 is 5.32 Å². The molecular weight excluding hydrogens is 206 g/mol. The number of hydrogen-bond donors (Lipinski definition) is 1. The van der Waals surface area contributed by atoms with E-state index in [4.69, 9.17) is 4.74 Å². The predicted octanol–water partition coefficient (Wildman–Crippen LogP) is 1.25. The molecule has 16 heavy (non-hydrogen) atoms. The molecule has 2 fully saturated rings. The first-order valence-corrected chi connectivity index (χ1v) is 6.19. The van der Waals surface area contributed by atoms with Crippen molar-refractivity contribution >= 4 is 11.9 Å². The lowest BCUT2D eigenvalue weighted by Gasteiger charge is -2.23. The molecule has 0 aromatic rings. The summed E-state index contributed by atoms with van der Waals surface area (Å²) in [7, 11) is 0. The van der Waals surface area contributed by atoms with Gasteiger partial charge >= 0.3 is 5.97 Å². The largest absolute Gasteiger partial charge is 0.465 e. The lowest BCUT2D eigenvalue weighted by molar-refractivity contribution is -0.144. The van der Waals surface area contributed by atoms with Crippen molar-refractivity contribution in [2.75, 3.05) is 13.2 Å². The van der Waals surface area contributed by atoms with Gasteiger partial charge in [-0.2, -0.15) is 0 Å². The molecule has 0 unspecified atom stereocenters. The number of nitrogens with one attached hydrogen (secondary N) is 1. The van der Waals surface area contributed by atoms with Gasteiger partial charge in [-0.3, -0.25) is 9.59 Å². The Balaban J connectivity index is 1.49. The maximum atomic E-state index is 11.4. The second-order valence-electron chi connectivity index (χ2n) is 4.80. The molecule has 0 aromatic carbocycles. The van der Waals surface area contributed by atoms with Crippen molar-refractivity contribution in [3.8, 4) is 0 Å². The lowest BCUT2D eigenvalue weighted by atomic mass is 9.85. The van der Waals surface area contributed by atoms with E-state index < -0.39 is 0 Å². The summed E-state index contributed by atoms with van der Waals surface area (Å²) in [5, 5.41) is 2.78. The fraction of sp³-hybridized carbons (Fsp3) is 0.833. The average molecular weight is 225 g/mol. The highest BCUT2D eigenvalue weighted by Crippen LogP contribution is 2.28. The zero-order valence-electron chi connectivity index (χ0n) is 9.54. The maximum Gasteiger partial charge on any atom is 0.307 e. The second-order valence-corrected chi connectivity index (χ2v) is 4.80. The Morgan fingerprint density at radius 2 is 1.94 bits per heavy atom. The van der Waals surface area contributed by atoms with Crippen molar-refractivity contribution in [2.45, 2.75) is 38.5 Å². The first kappa shape index (κ1) is 11.4. The molecule has 0 saturated heterocycles. The first-order chi connectivity index (χ1) is 7.75. The van der Waals surface area contributed by atoms with Gasteiger partial charge in [0.2, 0.25) is 5.91 Å². The van der Waals surface area contributed by atoms with Crippen LogP contribution in [-0.4, -0.2) is 25.0 Å². The Hall–Kier alpha value is -1.06. The van der Waals surface area contributed by atoms with E-state index in [0.29, 0.717) is 25.5 Å². The third-order valence-corrected chi connectivity index (χ3v) is 3.28. The fourth-order valence-electron chi connectivity index (χ4n) is 1.67. The van der Waals surface area contributed by atoms with E-state index in [1.807, 2.05) is 0 Å². The molecule has 4 nitrogen and oxygen atoms in total. The van der Waals surface area contributed by atoms with Crippen LogP contribution in [0, 0.1) is 11.8 Å². The van der Waals surface area contributed by atoms with Crippen LogP contribution >= 0.6 is 0 Å². The summed E-state index contributed by atoms with van der Waals surface area (Å²) in [4.78, 5) is 22.7. The summed E-state index contributed by atoms with van der Waals surface area (Å²) in [6.45, 7) is 0.980. The lowest BCUT2D eigenvalue weighted by Crippen LogP contribution is -2.35. The summed E-state index contributed by atoms with van der Waals surface area (Å²) < 4.78 is 5.06. The van der Waals surface area contributed by atoms with E-state index in [1.165, 1.54) is 12.8 Å². The number of hydrogen-bond acceptors (Lipinski definition) is 3. The molecule has 1 amide bonds. The van der Waals surface area contributed by atoms with E-state index in [2.05, 4.69) is 5.32 Å². The van der Waals surface area contributed by atoms with Crippen LogP contribution in [0.15, 0.2) is 0 Å². The molecule has 2 aliphatic rings. The summed E-state index contributed by atoms with van der Waals surface area (Å²) in [6, 6.07) is 0. The normalized spacial score (nSPS) is 20.0. The van der Waals surface area contributed by atoms with E-state index in [9.17, 15) is 9.59 Å². The Kier molecular flexibility index (Phi) is 3.80. The van der Waals surface area contributed by atoms with E-state index in [1.54, 1.807) is 0 Å². The molecule has 90 valence electrons. The minimum absolute atomic E-state index is 0.0984. The monoisotopic (exact) mass is 225 g/mol. The molecule has 2 aliphatic carbocycles. The van der Waals surface area contributed by atoms with Gasteiger partial charge in [0.25, 0.3) is 0 Å². The SMILES string of the molecule is O=C(CCNC(=O)C1CCC1)OCC1CC1. The van der Waals surface area contributed by atoms with E-state index >= 15 is 0 Å². The molecule has 2 saturated carbocycles. The average Bonchev–Trinajstić information content (AvgIpc) is 2.95. The van der Waals surface area contributed by atoms with Crippen LogP contribution in [0.3, 0.4) is 0 Å². The van der Waals surface area contributed by atoms with Gasteiger partial charge in [0.05, 0.1) is 13.0 Å². The molecule has 0 heterocycles. The van der Waals surface area contributed by atoms with Crippen LogP contribution in [0.4, 0.5) is 0 Å². The van der Waals surface area contributed by atoms with Crippen LogP contribution in [-0.2, 0) is 14.3 Å². The van der Waals surface area contributed by atoms with Crippen LogP contribution in [0.5, 0.6) is 0 Å². The highest BCUT2D eigenvalue weighted by Gasteiger charge is 2.25. The predicted molar refractivity (Wildman–Crippen MR) is 58.7 cm³/mol. The van der Waals surface area contributed by atoms with Gasteiger partial charge in [-0.05, 0) is 31.6 Å². The van der Waals surface area contributed by atoms with Gasteiger partial charge in [0.1, 0.15) is 0 Å². The van der Waals surface area contributed by atoms with Crippen molar-refractivity contribution < 1.29 is 14.3 Å². The minimum Gasteiger partial charge on any atom is -0.465 e. The molecular formula is C12H19NO3. The van der Waals surface area contributed by atoms with Crippen molar-refractivity contribution in [3.63, 3.8) is 0 Å². The quantitative estimate of drug-likeness (QED) is 0.692. The van der Waals surface area contributed by atoms with Crippen molar-refractivity contribution in [2.24, 2.45) is 11.8 Å². The molecule has 2 rings (SSSR count). The molecule has 0 aliphatic heterocycles. The Morgan fingerprint density at radius 1 is 1.19 bits per heavy atom. The minimum atomic E-state index is -0.194. The number of rotatable bonds is 6. The number of amides is 1. The zero-order valence-corrected chi connectivity index (χ0v) is 9.54. The maximum absolute atomic E-state index is 11.4. The fourth-order valence-corrected chi connectivity index (χ4v) is 1.67. The topological polar surface area (TPSA) is 55.4 Å². The zero-order chi connectivity index (χ0) is 11.4. The molecule has 1 N–H and O–H groups in total. The van der Waals surface area contributed by atoms with Crippen molar-refractivity contribution in [1.82, 2.24) is 5.32 Å². The first-order valence-electron chi connectivity index (χ1n) is 6.19. The Morgan fingerprint density at radius 3 is 2.50 bits per heavy atom. The standard InChI is InChI=1S/C12H19NO3/c14-11(16-8-9-4-5-9)6-7-13-12(15)10-2-1-3-10/h9-10H,1-8H2,(H,13,15). The van der Waals surface area contributed by atoms with Crippen molar-refractivity contribution in [3.05, 3.63) is 0 Å². The van der Waals surface area contributed by atoms with Gasteiger partial charge in [0.15, 0.2) is 0 Å². The van der Waals surface area contributed by atoms with Crippen LogP contribution in [0.25, 0.3) is 0 Å². The highest BCUT2D eigenvalue weighted by atomic mass is 16.5. The van der Waals surface area contributed by atoms with Gasteiger partial charge in [-0.1, -0.05) is 6.42 Å². The third kappa shape index (κ3) is 3.51. The smallest absolute Gasteiger partial charge is 0.307 e. The molecule has 0 spiro atoms. The van der Waals surface area contributed by atoms with Crippen LogP contribution in [0.1, 0.15) is 38.5 Å². The van der Waals surface area contributed by atoms with E-state index in [0.717, 1.165) is 19.3 Å². The summed E-state index contributed by atoms with van der Waals surface area (Å²) in [5.74, 6) is 0.707. The Labute approximate surface area is 95.7 Å². The van der Waals surface area contributed by atoms with Crippen LogP contribution in [0.2, 0.25) is 0 Å². The molecule has 4 heteroatoms.